The molecule has 0 radical (unpaired) electrons. The molecule has 1 unspecified atom stereocenters. The summed E-state index contributed by atoms with van der Waals surface area (Å²) >= 11 is 5.65. The van der Waals surface area contributed by atoms with Crippen molar-refractivity contribution >= 4 is 23.3 Å². The van der Waals surface area contributed by atoms with Crippen molar-refractivity contribution in [2.45, 2.75) is 45.6 Å². The van der Waals surface area contributed by atoms with Gasteiger partial charge in [-0.05, 0) is 37.8 Å². The summed E-state index contributed by atoms with van der Waals surface area (Å²) in [5.41, 5.74) is 1.53. The molecule has 1 amide bonds. The molecule has 1 aromatic carbocycles. The second-order valence-electron chi connectivity index (χ2n) is 4.85. The molecule has 1 atom stereocenters. The first-order valence-electron chi connectivity index (χ1n) is 7.05. The van der Waals surface area contributed by atoms with Crippen molar-refractivity contribution in [1.29, 1.82) is 0 Å². The summed E-state index contributed by atoms with van der Waals surface area (Å²) in [5.74, 6) is 0.473. The molecule has 0 saturated carbocycles. The van der Waals surface area contributed by atoms with E-state index in [9.17, 15) is 9.59 Å². The molecular formula is C16H22ClNO2. The van der Waals surface area contributed by atoms with Gasteiger partial charge in [-0.2, -0.15) is 0 Å². The Balaban J connectivity index is 2.71. The number of carbonyl (C=O) groups is 2. The zero-order valence-corrected chi connectivity index (χ0v) is 12.9. The maximum absolute atomic E-state index is 12.2. The van der Waals surface area contributed by atoms with Crippen LogP contribution in [0.3, 0.4) is 0 Å². The molecule has 0 saturated heterocycles. The molecule has 1 rings (SSSR count). The van der Waals surface area contributed by atoms with E-state index in [1.165, 1.54) is 0 Å². The smallest absolute Gasteiger partial charge is 0.252 e. The van der Waals surface area contributed by atoms with Gasteiger partial charge in [0.25, 0.3) is 5.91 Å². The molecule has 0 aromatic heterocycles. The van der Waals surface area contributed by atoms with Crippen LogP contribution in [0.15, 0.2) is 24.3 Å². The van der Waals surface area contributed by atoms with Gasteiger partial charge in [-0.1, -0.05) is 25.1 Å². The fourth-order valence-electron chi connectivity index (χ4n) is 2.07. The Kier molecular flexibility index (Phi) is 7.31. The van der Waals surface area contributed by atoms with Gasteiger partial charge in [0.1, 0.15) is 0 Å². The largest absolute Gasteiger partial charge is 0.342 e. The molecule has 3 nitrogen and oxygen atoms in total. The molecule has 0 spiro atoms. The van der Waals surface area contributed by atoms with Crippen LogP contribution >= 0.6 is 11.6 Å². The SMILES string of the molecule is CCC(=O)C(CCCCCl)NC(=O)c1ccccc1C. The molecule has 110 valence electrons. The molecule has 1 aromatic rings. The summed E-state index contributed by atoms with van der Waals surface area (Å²) in [6.45, 7) is 3.70. The van der Waals surface area contributed by atoms with Gasteiger partial charge in [0, 0.05) is 17.9 Å². The number of alkyl halides is 1. The third-order valence-electron chi connectivity index (χ3n) is 3.31. The lowest BCUT2D eigenvalue weighted by Crippen LogP contribution is -2.40. The monoisotopic (exact) mass is 295 g/mol. The number of benzene rings is 1. The van der Waals surface area contributed by atoms with E-state index >= 15 is 0 Å². The molecule has 0 aliphatic heterocycles. The van der Waals surface area contributed by atoms with Crippen LogP contribution in [0.1, 0.15) is 48.5 Å². The van der Waals surface area contributed by atoms with Crippen molar-refractivity contribution in [2.24, 2.45) is 0 Å². The number of carbonyl (C=O) groups excluding carboxylic acids is 2. The van der Waals surface area contributed by atoms with Gasteiger partial charge in [0.2, 0.25) is 0 Å². The maximum Gasteiger partial charge on any atom is 0.252 e. The molecule has 0 bridgehead atoms. The van der Waals surface area contributed by atoms with Crippen molar-refractivity contribution in [3.05, 3.63) is 35.4 Å². The van der Waals surface area contributed by atoms with Gasteiger partial charge in [0.15, 0.2) is 5.78 Å². The van der Waals surface area contributed by atoms with Gasteiger partial charge >= 0.3 is 0 Å². The standard InChI is InChI=1S/C16H22ClNO2/c1-3-15(19)14(10-6-7-11-17)18-16(20)13-9-5-4-8-12(13)2/h4-5,8-9,14H,3,6-7,10-11H2,1-2H3,(H,18,20). The maximum atomic E-state index is 12.2. The number of Topliss-reactive ketones (excluding diaryl/α,β-unsaturated/α-hetero) is 1. The van der Waals surface area contributed by atoms with Gasteiger partial charge in [-0.25, -0.2) is 0 Å². The van der Waals surface area contributed by atoms with Crippen molar-refractivity contribution in [2.75, 3.05) is 5.88 Å². The number of rotatable bonds is 8. The Hall–Kier alpha value is -1.35. The second kappa shape index (κ2) is 8.75. The predicted molar refractivity (Wildman–Crippen MR) is 82.3 cm³/mol. The number of nitrogens with one attached hydrogen (secondary N) is 1. The zero-order valence-electron chi connectivity index (χ0n) is 12.1. The first-order chi connectivity index (χ1) is 9.60. The number of unbranched alkanes of at least 4 members (excludes halogenated alkanes) is 1. The van der Waals surface area contributed by atoms with E-state index in [0.29, 0.717) is 24.3 Å². The zero-order chi connectivity index (χ0) is 15.0. The van der Waals surface area contributed by atoms with Crippen LogP contribution in [0, 0.1) is 6.92 Å². The quantitative estimate of drug-likeness (QED) is 0.589. The van der Waals surface area contributed by atoms with Crippen molar-refractivity contribution in [3.63, 3.8) is 0 Å². The van der Waals surface area contributed by atoms with Crippen LogP contribution in [0.2, 0.25) is 0 Å². The number of halogens is 1. The molecule has 20 heavy (non-hydrogen) atoms. The lowest BCUT2D eigenvalue weighted by Gasteiger charge is -2.17. The summed E-state index contributed by atoms with van der Waals surface area (Å²) in [6.07, 6.45) is 2.78. The second-order valence-corrected chi connectivity index (χ2v) is 5.22. The van der Waals surface area contributed by atoms with Crippen LogP contribution in [0.4, 0.5) is 0 Å². The van der Waals surface area contributed by atoms with Crippen molar-refractivity contribution in [3.8, 4) is 0 Å². The fourth-order valence-corrected chi connectivity index (χ4v) is 2.26. The topological polar surface area (TPSA) is 46.2 Å². The molecule has 0 aliphatic rings. The number of amides is 1. The minimum absolute atomic E-state index is 0.0708. The normalized spacial score (nSPS) is 11.9. The Morgan fingerprint density at radius 1 is 1.25 bits per heavy atom. The van der Waals surface area contributed by atoms with E-state index in [0.717, 1.165) is 18.4 Å². The summed E-state index contributed by atoms with van der Waals surface area (Å²) in [5, 5.41) is 2.85. The first kappa shape index (κ1) is 16.7. The van der Waals surface area contributed by atoms with Crippen LogP contribution in [-0.4, -0.2) is 23.6 Å². The first-order valence-corrected chi connectivity index (χ1v) is 7.58. The molecule has 0 heterocycles. The Bertz CT molecular complexity index is 460. The molecular weight excluding hydrogens is 274 g/mol. The van der Waals surface area contributed by atoms with Gasteiger partial charge in [-0.15, -0.1) is 11.6 Å². The van der Waals surface area contributed by atoms with Crippen LogP contribution in [0.5, 0.6) is 0 Å². The van der Waals surface area contributed by atoms with E-state index in [4.69, 9.17) is 11.6 Å². The molecule has 0 fully saturated rings. The van der Waals surface area contributed by atoms with Gasteiger partial charge < -0.3 is 5.32 Å². The predicted octanol–water partition coefficient (Wildman–Crippen LogP) is 3.48. The molecule has 4 heteroatoms. The highest BCUT2D eigenvalue weighted by Crippen LogP contribution is 2.10. The van der Waals surface area contributed by atoms with Crippen molar-refractivity contribution < 1.29 is 9.59 Å². The average molecular weight is 296 g/mol. The number of ketones is 1. The molecule has 0 aliphatic carbocycles. The summed E-state index contributed by atoms with van der Waals surface area (Å²) in [7, 11) is 0. The Labute approximate surface area is 125 Å². The minimum Gasteiger partial charge on any atom is -0.342 e. The summed E-state index contributed by atoms with van der Waals surface area (Å²) in [4.78, 5) is 24.1. The molecule has 1 N–H and O–H groups in total. The van der Waals surface area contributed by atoms with Gasteiger partial charge in [-0.3, -0.25) is 9.59 Å². The van der Waals surface area contributed by atoms with Crippen LogP contribution in [0.25, 0.3) is 0 Å². The summed E-state index contributed by atoms with van der Waals surface area (Å²) in [6, 6.07) is 6.97. The minimum atomic E-state index is -0.407. The van der Waals surface area contributed by atoms with Crippen LogP contribution in [-0.2, 0) is 4.79 Å². The fraction of sp³-hybridized carbons (Fsp3) is 0.500. The highest BCUT2D eigenvalue weighted by molar-refractivity contribution is 6.17. The Morgan fingerprint density at radius 2 is 1.95 bits per heavy atom. The van der Waals surface area contributed by atoms with E-state index in [1.54, 1.807) is 6.07 Å². The highest BCUT2D eigenvalue weighted by atomic mass is 35.5. The third-order valence-corrected chi connectivity index (χ3v) is 3.58. The number of aryl methyl sites for hydroxylation is 1. The lowest BCUT2D eigenvalue weighted by molar-refractivity contribution is -0.120. The van der Waals surface area contributed by atoms with Crippen molar-refractivity contribution in [1.82, 2.24) is 5.32 Å². The van der Waals surface area contributed by atoms with E-state index in [-0.39, 0.29) is 11.7 Å². The number of hydrogen-bond donors (Lipinski definition) is 1. The Morgan fingerprint density at radius 3 is 2.55 bits per heavy atom. The average Bonchev–Trinajstić information content (AvgIpc) is 2.45. The van der Waals surface area contributed by atoms with E-state index in [2.05, 4.69) is 5.32 Å². The third kappa shape index (κ3) is 4.97. The number of hydrogen-bond acceptors (Lipinski definition) is 2. The van der Waals surface area contributed by atoms with Gasteiger partial charge in [0.05, 0.1) is 6.04 Å². The highest BCUT2D eigenvalue weighted by Gasteiger charge is 2.20. The summed E-state index contributed by atoms with van der Waals surface area (Å²) < 4.78 is 0. The lowest BCUT2D eigenvalue weighted by atomic mass is 10.0. The van der Waals surface area contributed by atoms with E-state index < -0.39 is 6.04 Å². The van der Waals surface area contributed by atoms with Crippen LogP contribution < -0.4 is 5.32 Å². The van der Waals surface area contributed by atoms with E-state index in [1.807, 2.05) is 32.0 Å².